The van der Waals surface area contributed by atoms with Crippen molar-refractivity contribution < 1.29 is 9.53 Å². The zero-order chi connectivity index (χ0) is 17.8. The van der Waals surface area contributed by atoms with Crippen LogP contribution in [0.4, 0.5) is 5.69 Å². The van der Waals surface area contributed by atoms with Crippen LogP contribution in [0.15, 0.2) is 48.5 Å². The first-order valence-corrected chi connectivity index (χ1v) is 8.04. The van der Waals surface area contributed by atoms with Crippen LogP contribution >= 0.6 is 11.6 Å². The van der Waals surface area contributed by atoms with E-state index in [1.165, 1.54) is 4.80 Å². The van der Waals surface area contributed by atoms with E-state index >= 15 is 0 Å². The zero-order valence-electron chi connectivity index (χ0n) is 13.9. The number of hydrogen-bond acceptors (Lipinski definition) is 4. The van der Waals surface area contributed by atoms with Crippen LogP contribution in [-0.4, -0.2) is 28.0 Å². The molecule has 3 aromatic rings. The van der Waals surface area contributed by atoms with Gasteiger partial charge in [-0.25, -0.2) is 0 Å². The predicted octanol–water partition coefficient (Wildman–Crippen LogP) is 3.63. The summed E-state index contributed by atoms with van der Waals surface area (Å²) in [5, 5.41) is 12.0. The summed E-state index contributed by atoms with van der Waals surface area (Å²) in [5.74, 6) is -0.325. The third-order valence-electron chi connectivity index (χ3n) is 3.60. The van der Waals surface area contributed by atoms with E-state index in [4.69, 9.17) is 16.3 Å². The van der Waals surface area contributed by atoms with E-state index in [9.17, 15) is 4.79 Å². The number of aromatic nitrogens is 3. The number of carbonyl (C=O) groups excluding carboxylic acids is 1. The second kappa shape index (κ2) is 7.46. The third kappa shape index (κ3) is 3.87. The summed E-state index contributed by atoms with van der Waals surface area (Å²) in [6.45, 7) is 2.15. The van der Waals surface area contributed by atoms with Crippen molar-refractivity contribution in [1.82, 2.24) is 15.0 Å². The van der Waals surface area contributed by atoms with Crippen LogP contribution in [-0.2, 0) is 11.3 Å². The van der Waals surface area contributed by atoms with Gasteiger partial charge in [0.05, 0.1) is 18.0 Å². The molecule has 7 heteroatoms. The number of methoxy groups -OCH3 is 1. The fourth-order valence-corrected chi connectivity index (χ4v) is 2.59. The summed E-state index contributed by atoms with van der Waals surface area (Å²) in [4.78, 5) is 14.0. The molecule has 3 rings (SSSR count). The minimum atomic E-state index is -0.325. The molecule has 0 unspecified atom stereocenters. The van der Waals surface area contributed by atoms with Crippen LogP contribution in [0.5, 0.6) is 0 Å². The molecule has 1 amide bonds. The Balaban J connectivity index is 1.86. The lowest BCUT2D eigenvalue weighted by Gasteiger charge is -2.09. The number of nitrogens with zero attached hydrogens (tertiary/aromatic N) is 3. The third-order valence-corrected chi connectivity index (χ3v) is 3.84. The number of hydrogen-bond donors (Lipinski definition) is 1. The van der Waals surface area contributed by atoms with E-state index < -0.39 is 0 Å². The molecule has 1 aromatic heterocycles. The smallest absolute Gasteiger partial charge is 0.278 e. The second-order valence-corrected chi connectivity index (χ2v) is 5.88. The molecule has 128 valence electrons. The molecule has 1 N–H and O–H groups in total. The van der Waals surface area contributed by atoms with E-state index in [2.05, 4.69) is 15.5 Å². The summed E-state index contributed by atoms with van der Waals surface area (Å²) >= 11 is 6.00. The van der Waals surface area contributed by atoms with E-state index in [-0.39, 0.29) is 11.6 Å². The summed E-state index contributed by atoms with van der Waals surface area (Å²) in [6.07, 6.45) is 0. The molecule has 0 aliphatic rings. The monoisotopic (exact) mass is 356 g/mol. The van der Waals surface area contributed by atoms with E-state index in [0.29, 0.717) is 28.7 Å². The fourth-order valence-electron chi connectivity index (χ4n) is 2.41. The topological polar surface area (TPSA) is 69.0 Å². The molecule has 0 aliphatic carbocycles. The largest absolute Gasteiger partial charge is 0.380 e. The Labute approximate surface area is 150 Å². The molecule has 0 saturated heterocycles. The molecule has 0 radical (unpaired) electrons. The number of aryl methyl sites for hydroxylation is 1. The van der Waals surface area contributed by atoms with Crippen molar-refractivity contribution in [2.75, 3.05) is 12.4 Å². The Morgan fingerprint density at radius 2 is 2.00 bits per heavy atom. The number of rotatable bonds is 5. The number of nitrogens with one attached hydrogen (secondary N) is 1. The highest BCUT2D eigenvalue weighted by Crippen LogP contribution is 2.18. The average molecular weight is 357 g/mol. The van der Waals surface area contributed by atoms with Gasteiger partial charge < -0.3 is 10.1 Å². The molecule has 25 heavy (non-hydrogen) atoms. The van der Waals surface area contributed by atoms with Crippen LogP contribution < -0.4 is 5.32 Å². The maximum Gasteiger partial charge on any atom is 0.278 e. The first-order valence-electron chi connectivity index (χ1n) is 7.66. The van der Waals surface area contributed by atoms with Gasteiger partial charge in [-0.3, -0.25) is 4.79 Å². The van der Waals surface area contributed by atoms with Crippen molar-refractivity contribution in [1.29, 1.82) is 0 Å². The Kier molecular flexibility index (Phi) is 5.11. The maximum absolute atomic E-state index is 12.6. The number of carbonyl (C=O) groups is 1. The highest BCUT2D eigenvalue weighted by molar-refractivity contribution is 6.30. The summed E-state index contributed by atoms with van der Waals surface area (Å²) in [5.41, 5.74) is 3.05. The van der Waals surface area contributed by atoms with Crippen LogP contribution in [0.2, 0.25) is 5.02 Å². The van der Waals surface area contributed by atoms with Crippen molar-refractivity contribution in [3.8, 4) is 5.69 Å². The van der Waals surface area contributed by atoms with E-state index in [1.807, 2.05) is 30.3 Å². The number of ether oxygens (including phenoxy) is 1. The normalized spacial score (nSPS) is 10.7. The van der Waals surface area contributed by atoms with Crippen molar-refractivity contribution in [2.45, 2.75) is 13.5 Å². The van der Waals surface area contributed by atoms with Gasteiger partial charge in [0.2, 0.25) is 0 Å². The molecule has 1 heterocycles. The van der Waals surface area contributed by atoms with Crippen molar-refractivity contribution in [2.24, 2.45) is 0 Å². The first-order chi connectivity index (χ1) is 12.1. The number of halogens is 1. The highest BCUT2D eigenvalue weighted by atomic mass is 35.5. The quantitative estimate of drug-likeness (QED) is 0.758. The zero-order valence-corrected chi connectivity index (χ0v) is 14.6. The Morgan fingerprint density at radius 1 is 1.20 bits per heavy atom. The van der Waals surface area contributed by atoms with Gasteiger partial charge in [0.25, 0.3) is 5.91 Å². The van der Waals surface area contributed by atoms with Crippen LogP contribution in [0.1, 0.15) is 21.7 Å². The Morgan fingerprint density at radius 3 is 2.76 bits per heavy atom. The number of benzene rings is 2. The predicted molar refractivity (Wildman–Crippen MR) is 96.2 cm³/mol. The molecule has 0 bridgehead atoms. The molecule has 2 aromatic carbocycles. The van der Waals surface area contributed by atoms with Crippen molar-refractivity contribution in [3.63, 3.8) is 0 Å². The van der Waals surface area contributed by atoms with Crippen molar-refractivity contribution in [3.05, 3.63) is 70.5 Å². The fraction of sp³-hybridized carbons (Fsp3) is 0.167. The molecule has 6 nitrogen and oxygen atoms in total. The maximum atomic E-state index is 12.6. The number of anilines is 1. The Hall–Kier alpha value is -2.70. The molecule has 0 spiro atoms. The first kappa shape index (κ1) is 17.1. The van der Waals surface area contributed by atoms with E-state index in [0.717, 1.165) is 5.56 Å². The Bertz CT molecular complexity index is 908. The van der Waals surface area contributed by atoms with Gasteiger partial charge in [-0.1, -0.05) is 35.9 Å². The van der Waals surface area contributed by atoms with Crippen LogP contribution in [0, 0.1) is 6.92 Å². The van der Waals surface area contributed by atoms with E-state index in [1.54, 1.807) is 32.2 Å². The van der Waals surface area contributed by atoms with Gasteiger partial charge in [0.15, 0.2) is 5.69 Å². The molecule has 0 saturated carbocycles. The van der Waals surface area contributed by atoms with Gasteiger partial charge in [-0.15, -0.1) is 5.10 Å². The lowest BCUT2D eigenvalue weighted by molar-refractivity contribution is 0.102. The van der Waals surface area contributed by atoms with Crippen LogP contribution in [0.25, 0.3) is 5.69 Å². The minimum absolute atomic E-state index is 0.257. The van der Waals surface area contributed by atoms with Gasteiger partial charge in [-0.2, -0.15) is 9.90 Å². The lowest BCUT2D eigenvalue weighted by Crippen LogP contribution is -2.15. The van der Waals surface area contributed by atoms with Gasteiger partial charge in [0.1, 0.15) is 0 Å². The second-order valence-electron chi connectivity index (χ2n) is 5.45. The summed E-state index contributed by atoms with van der Waals surface area (Å²) in [6, 6.07) is 14.6. The SMILES string of the molecule is COCc1ccccc1NC(=O)c1nn(-c2cccc(Cl)c2)nc1C. The highest BCUT2D eigenvalue weighted by Gasteiger charge is 2.17. The average Bonchev–Trinajstić information content (AvgIpc) is 2.99. The molecular weight excluding hydrogens is 340 g/mol. The number of amides is 1. The molecule has 0 aliphatic heterocycles. The number of para-hydroxylation sites is 1. The van der Waals surface area contributed by atoms with Gasteiger partial charge in [-0.05, 0) is 31.2 Å². The molecule has 0 atom stereocenters. The summed E-state index contributed by atoms with van der Waals surface area (Å²) < 4.78 is 5.16. The standard InChI is InChI=1S/C18H17ClN4O2/c1-12-17(22-23(21-12)15-8-5-7-14(19)10-15)18(24)20-16-9-4-3-6-13(16)11-25-2/h3-10H,11H2,1-2H3,(H,20,24). The summed E-state index contributed by atoms with van der Waals surface area (Å²) in [7, 11) is 1.61. The van der Waals surface area contributed by atoms with Crippen LogP contribution in [0.3, 0.4) is 0 Å². The van der Waals surface area contributed by atoms with Gasteiger partial charge >= 0.3 is 0 Å². The van der Waals surface area contributed by atoms with Crippen molar-refractivity contribution >= 4 is 23.2 Å². The van der Waals surface area contributed by atoms with Gasteiger partial charge in [0, 0.05) is 23.4 Å². The molecular formula is C18H17ClN4O2. The minimum Gasteiger partial charge on any atom is -0.380 e. The molecule has 0 fully saturated rings. The lowest BCUT2D eigenvalue weighted by atomic mass is 10.2.